The van der Waals surface area contributed by atoms with Crippen LogP contribution in [0.2, 0.25) is 0 Å². The number of nitrogens with one attached hydrogen (secondary N) is 1. The monoisotopic (exact) mass is 281 g/mol. The van der Waals surface area contributed by atoms with Gasteiger partial charge in [0.05, 0.1) is 20.3 Å². The molecule has 1 aromatic rings. The molecule has 0 aliphatic heterocycles. The number of methoxy groups -OCH3 is 2. The van der Waals surface area contributed by atoms with E-state index < -0.39 is 0 Å². The van der Waals surface area contributed by atoms with Gasteiger partial charge >= 0.3 is 0 Å². The Morgan fingerprint density at radius 2 is 1.75 bits per heavy atom. The third-order valence-corrected chi connectivity index (χ3v) is 3.92. The molecule has 0 bridgehead atoms. The van der Waals surface area contributed by atoms with Crippen molar-refractivity contribution in [1.82, 2.24) is 9.97 Å². The minimum atomic E-state index is 0.259. The molecule has 20 heavy (non-hydrogen) atoms. The minimum absolute atomic E-state index is 0.259. The van der Waals surface area contributed by atoms with Crippen molar-refractivity contribution in [2.75, 3.05) is 32.7 Å². The number of ether oxygens (including phenoxy) is 2. The van der Waals surface area contributed by atoms with Crippen molar-refractivity contribution >= 4 is 5.95 Å². The molecular weight excluding hydrogens is 258 g/mol. The van der Waals surface area contributed by atoms with E-state index in [1.807, 2.05) is 0 Å². The molecule has 1 heterocycles. The standard InChI is InChI=1S/C14H23N3O3/c1-19-12-7-13(20-2)17-14(16-12)15-8-10-5-3-4-6-11(10)9-18/h7,10-11,18H,3-6,8-9H2,1-2H3,(H,15,16,17). The maximum atomic E-state index is 9.42. The fourth-order valence-electron chi connectivity index (χ4n) is 2.71. The summed E-state index contributed by atoms with van der Waals surface area (Å²) in [6.07, 6.45) is 4.68. The molecule has 0 aromatic carbocycles. The highest BCUT2D eigenvalue weighted by atomic mass is 16.5. The Bertz CT molecular complexity index is 406. The molecule has 1 saturated carbocycles. The molecule has 1 aromatic heterocycles. The average Bonchev–Trinajstić information content (AvgIpc) is 2.52. The first-order chi connectivity index (χ1) is 9.76. The lowest BCUT2D eigenvalue weighted by Crippen LogP contribution is -2.29. The van der Waals surface area contributed by atoms with Crippen LogP contribution in [0.5, 0.6) is 11.8 Å². The van der Waals surface area contributed by atoms with Gasteiger partial charge in [-0.1, -0.05) is 12.8 Å². The molecule has 0 spiro atoms. The summed E-state index contributed by atoms with van der Waals surface area (Å²) >= 11 is 0. The molecule has 1 fully saturated rings. The van der Waals surface area contributed by atoms with Gasteiger partial charge in [-0.25, -0.2) is 0 Å². The van der Waals surface area contributed by atoms with Gasteiger partial charge in [0.2, 0.25) is 17.7 Å². The van der Waals surface area contributed by atoms with Crippen LogP contribution >= 0.6 is 0 Å². The summed E-state index contributed by atoms with van der Waals surface area (Å²) in [4.78, 5) is 8.50. The molecule has 6 nitrogen and oxygen atoms in total. The number of aliphatic hydroxyl groups excluding tert-OH is 1. The summed E-state index contributed by atoms with van der Waals surface area (Å²) in [6, 6.07) is 1.64. The lowest BCUT2D eigenvalue weighted by atomic mass is 9.80. The van der Waals surface area contributed by atoms with Gasteiger partial charge in [0.1, 0.15) is 0 Å². The Balaban J connectivity index is 1.98. The van der Waals surface area contributed by atoms with Crippen LogP contribution in [0.4, 0.5) is 5.95 Å². The van der Waals surface area contributed by atoms with E-state index in [1.54, 1.807) is 20.3 Å². The molecule has 2 rings (SSSR count). The third-order valence-electron chi connectivity index (χ3n) is 3.92. The largest absolute Gasteiger partial charge is 0.481 e. The minimum Gasteiger partial charge on any atom is -0.481 e. The van der Waals surface area contributed by atoms with Crippen LogP contribution in [0.25, 0.3) is 0 Å². The number of nitrogens with zero attached hydrogens (tertiary/aromatic N) is 2. The molecule has 112 valence electrons. The SMILES string of the molecule is COc1cc(OC)nc(NCC2CCCCC2CO)n1. The zero-order chi connectivity index (χ0) is 14.4. The van der Waals surface area contributed by atoms with E-state index in [1.165, 1.54) is 12.8 Å². The average molecular weight is 281 g/mol. The highest BCUT2D eigenvalue weighted by molar-refractivity contribution is 5.33. The van der Waals surface area contributed by atoms with Crippen molar-refractivity contribution in [3.8, 4) is 11.8 Å². The number of aliphatic hydroxyl groups is 1. The normalized spacial score (nSPS) is 22.4. The van der Waals surface area contributed by atoms with E-state index >= 15 is 0 Å². The van der Waals surface area contributed by atoms with Crippen molar-refractivity contribution in [2.24, 2.45) is 11.8 Å². The second kappa shape index (κ2) is 7.28. The molecule has 0 radical (unpaired) electrons. The number of hydrogen-bond acceptors (Lipinski definition) is 6. The molecule has 0 saturated heterocycles. The van der Waals surface area contributed by atoms with Crippen LogP contribution in [0.15, 0.2) is 6.07 Å². The van der Waals surface area contributed by atoms with Crippen molar-refractivity contribution in [3.63, 3.8) is 0 Å². The van der Waals surface area contributed by atoms with Crippen LogP contribution in [-0.2, 0) is 0 Å². The second-order valence-corrected chi connectivity index (χ2v) is 5.14. The number of rotatable bonds is 6. The summed E-state index contributed by atoms with van der Waals surface area (Å²) in [5, 5.41) is 12.7. The first-order valence-electron chi connectivity index (χ1n) is 7.08. The topological polar surface area (TPSA) is 76.5 Å². The summed E-state index contributed by atoms with van der Waals surface area (Å²) in [5.41, 5.74) is 0. The number of aromatic nitrogens is 2. The van der Waals surface area contributed by atoms with Gasteiger partial charge in [-0.05, 0) is 24.7 Å². The molecule has 2 unspecified atom stereocenters. The Morgan fingerprint density at radius 1 is 1.15 bits per heavy atom. The first kappa shape index (κ1) is 14.8. The summed E-state index contributed by atoms with van der Waals surface area (Å²) < 4.78 is 10.2. The van der Waals surface area contributed by atoms with Crippen LogP contribution < -0.4 is 14.8 Å². The number of anilines is 1. The van der Waals surface area contributed by atoms with Gasteiger partial charge in [-0.3, -0.25) is 0 Å². The van der Waals surface area contributed by atoms with Crippen LogP contribution in [-0.4, -0.2) is 42.4 Å². The zero-order valence-electron chi connectivity index (χ0n) is 12.1. The lowest BCUT2D eigenvalue weighted by Gasteiger charge is -2.30. The Kier molecular flexibility index (Phi) is 5.40. The van der Waals surface area contributed by atoms with E-state index in [0.29, 0.717) is 29.5 Å². The van der Waals surface area contributed by atoms with Crippen molar-refractivity contribution in [3.05, 3.63) is 6.07 Å². The predicted molar refractivity (Wildman–Crippen MR) is 76.2 cm³/mol. The van der Waals surface area contributed by atoms with E-state index in [9.17, 15) is 5.11 Å². The van der Waals surface area contributed by atoms with Gasteiger partial charge < -0.3 is 19.9 Å². The fraction of sp³-hybridized carbons (Fsp3) is 0.714. The van der Waals surface area contributed by atoms with E-state index in [2.05, 4.69) is 15.3 Å². The molecule has 2 N–H and O–H groups in total. The van der Waals surface area contributed by atoms with Gasteiger partial charge in [-0.15, -0.1) is 0 Å². The van der Waals surface area contributed by atoms with Crippen LogP contribution in [0, 0.1) is 11.8 Å². The van der Waals surface area contributed by atoms with Gasteiger partial charge in [0, 0.05) is 13.2 Å². The van der Waals surface area contributed by atoms with Gasteiger partial charge in [0.25, 0.3) is 0 Å². The van der Waals surface area contributed by atoms with Gasteiger partial charge in [-0.2, -0.15) is 9.97 Å². The predicted octanol–water partition coefficient (Wildman–Crippen LogP) is 1.70. The quantitative estimate of drug-likeness (QED) is 0.826. The smallest absolute Gasteiger partial charge is 0.229 e. The van der Waals surface area contributed by atoms with Crippen molar-refractivity contribution in [2.45, 2.75) is 25.7 Å². The highest BCUT2D eigenvalue weighted by Crippen LogP contribution is 2.29. The van der Waals surface area contributed by atoms with E-state index in [4.69, 9.17) is 9.47 Å². The molecule has 1 aliphatic carbocycles. The summed E-state index contributed by atoms with van der Waals surface area (Å²) in [5.74, 6) is 2.30. The van der Waals surface area contributed by atoms with Crippen LogP contribution in [0.1, 0.15) is 25.7 Å². The lowest BCUT2D eigenvalue weighted by molar-refractivity contribution is 0.141. The maximum Gasteiger partial charge on any atom is 0.229 e. The van der Waals surface area contributed by atoms with E-state index in [0.717, 1.165) is 19.4 Å². The Morgan fingerprint density at radius 3 is 2.30 bits per heavy atom. The zero-order valence-corrected chi connectivity index (χ0v) is 12.1. The Hall–Kier alpha value is -1.56. The second-order valence-electron chi connectivity index (χ2n) is 5.14. The van der Waals surface area contributed by atoms with Crippen molar-refractivity contribution < 1.29 is 14.6 Å². The van der Waals surface area contributed by atoms with Gasteiger partial charge in [0.15, 0.2) is 0 Å². The molecule has 0 amide bonds. The molecule has 2 atom stereocenters. The maximum absolute atomic E-state index is 9.42. The first-order valence-corrected chi connectivity index (χ1v) is 7.08. The fourth-order valence-corrected chi connectivity index (χ4v) is 2.71. The van der Waals surface area contributed by atoms with Crippen LogP contribution in [0.3, 0.4) is 0 Å². The molecule has 6 heteroatoms. The summed E-state index contributed by atoms with van der Waals surface area (Å²) in [6.45, 7) is 1.02. The van der Waals surface area contributed by atoms with Crippen molar-refractivity contribution in [1.29, 1.82) is 0 Å². The molecule has 1 aliphatic rings. The third kappa shape index (κ3) is 3.72. The number of hydrogen-bond donors (Lipinski definition) is 2. The Labute approximate surface area is 119 Å². The summed E-state index contributed by atoms with van der Waals surface area (Å²) in [7, 11) is 3.13. The molecular formula is C14H23N3O3. The highest BCUT2D eigenvalue weighted by Gasteiger charge is 2.24. The van der Waals surface area contributed by atoms with E-state index in [-0.39, 0.29) is 6.61 Å².